The molecule has 0 atom stereocenters. The minimum Gasteiger partial charge on any atom is -0.287 e. The lowest BCUT2D eigenvalue weighted by atomic mass is 10.2. The van der Waals surface area contributed by atoms with Gasteiger partial charge in [-0.05, 0) is 36.8 Å². The molecule has 0 bridgehead atoms. The van der Waals surface area contributed by atoms with Gasteiger partial charge in [-0.1, -0.05) is 0 Å². The van der Waals surface area contributed by atoms with E-state index in [1.807, 2.05) is 0 Å². The molecule has 0 aliphatic heterocycles. The fourth-order valence-electron chi connectivity index (χ4n) is 1.93. The van der Waals surface area contributed by atoms with E-state index in [2.05, 4.69) is 14.9 Å². The highest BCUT2D eigenvalue weighted by atomic mass is 32.2. The summed E-state index contributed by atoms with van der Waals surface area (Å²) in [7, 11) is -4.25. The van der Waals surface area contributed by atoms with Gasteiger partial charge in [0.05, 0.1) is 5.69 Å². The van der Waals surface area contributed by atoms with Gasteiger partial charge in [0.15, 0.2) is 5.65 Å². The van der Waals surface area contributed by atoms with Crippen molar-refractivity contribution in [1.29, 1.82) is 0 Å². The molecule has 0 unspecified atom stereocenters. The summed E-state index contributed by atoms with van der Waals surface area (Å²) >= 11 is 0. The summed E-state index contributed by atoms with van der Waals surface area (Å²) in [4.78, 5) is -0.751. The van der Waals surface area contributed by atoms with Crippen LogP contribution in [0.4, 0.5) is 14.5 Å². The minimum atomic E-state index is -4.25. The summed E-state index contributed by atoms with van der Waals surface area (Å²) in [5.41, 5.74) is 0.727. The predicted octanol–water partition coefficient (Wildman–Crippen LogP) is 2.12. The highest BCUT2D eigenvalue weighted by molar-refractivity contribution is 7.92. The molecule has 0 aliphatic carbocycles. The number of nitrogens with one attached hydrogen (secondary N) is 1. The van der Waals surface area contributed by atoms with Gasteiger partial charge < -0.3 is 0 Å². The second-order valence-electron chi connectivity index (χ2n) is 4.65. The Morgan fingerprint density at radius 2 is 1.95 bits per heavy atom. The molecule has 0 fully saturated rings. The molecule has 0 saturated heterocycles. The zero-order valence-corrected chi connectivity index (χ0v) is 12.1. The van der Waals surface area contributed by atoms with Crippen molar-refractivity contribution >= 4 is 21.4 Å². The molecule has 1 N–H and O–H groups in total. The standard InChI is InChI=1S/C13H10F2N4O2S/c1-8-4-11(15)12(5-10(8)14)22(20,21)18-9-2-3-13-17-16-7-19(13)6-9/h2-7,18H,1H3. The van der Waals surface area contributed by atoms with Gasteiger partial charge in [-0.15, -0.1) is 10.2 Å². The summed E-state index contributed by atoms with van der Waals surface area (Å²) in [6, 6.07) is 4.48. The van der Waals surface area contributed by atoms with Gasteiger partial charge in [-0.25, -0.2) is 17.2 Å². The summed E-state index contributed by atoms with van der Waals surface area (Å²) in [6.07, 6.45) is 2.81. The number of aryl methyl sites for hydroxylation is 1. The van der Waals surface area contributed by atoms with E-state index >= 15 is 0 Å². The number of halogens is 2. The number of sulfonamides is 1. The van der Waals surface area contributed by atoms with E-state index in [4.69, 9.17) is 0 Å². The fraction of sp³-hybridized carbons (Fsp3) is 0.0769. The van der Waals surface area contributed by atoms with Crippen molar-refractivity contribution in [2.75, 3.05) is 4.72 Å². The van der Waals surface area contributed by atoms with Crippen molar-refractivity contribution in [3.8, 4) is 0 Å². The Kier molecular flexibility index (Phi) is 3.28. The Morgan fingerprint density at radius 3 is 2.73 bits per heavy atom. The summed E-state index contributed by atoms with van der Waals surface area (Å²) in [6.45, 7) is 1.35. The Bertz CT molecular complexity index is 969. The molecule has 9 heteroatoms. The van der Waals surface area contributed by atoms with E-state index in [1.165, 1.54) is 36.0 Å². The maximum atomic E-state index is 13.8. The van der Waals surface area contributed by atoms with E-state index in [1.54, 1.807) is 0 Å². The lowest BCUT2D eigenvalue weighted by Gasteiger charge is -2.10. The van der Waals surface area contributed by atoms with Gasteiger partial charge in [0.25, 0.3) is 10.0 Å². The van der Waals surface area contributed by atoms with Crippen LogP contribution < -0.4 is 4.72 Å². The highest BCUT2D eigenvalue weighted by Gasteiger charge is 2.21. The van der Waals surface area contributed by atoms with Crippen molar-refractivity contribution in [2.24, 2.45) is 0 Å². The van der Waals surface area contributed by atoms with E-state index in [0.29, 0.717) is 11.7 Å². The minimum absolute atomic E-state index is 0.0300. The van der Waals surface area contributed by atoms with E-state index in [0.717, 1.165) is 6.07 Å². The first-order valence-electron chi connectivity index (χ1n) is 6.15. The number of fused-ring (bicyclic) bond motifs is 1. The molecule has 1 aromatic carbocycles. The molecule has 22 heavy (non-hydrogen) atoms. The Morgan fingerprint density at radius 1 is 1.18 bits per heavy atom. The van der Waals surface area contributed by atoms with Crippen LogP contribution in [-0.4, -0.2) is 23.0 Å². The number of aromatic nitrogens is 3. The molecule has 6 nitrogen and oxygen atoms in total. The molecule has 2 heterocycles. The quantitative estimate of drug-likeness (QED) is 0.800. The molecular weight excluding hydrogens is 314 g/mol. The van der Waals surface area contributed by atoms with Gasteiger partial charge >= 0.3 is 0 Å². The average molecular weight is 324 g/mol. The monoisotopic (exact) mass is 324 g/mol. The average Bonchev–Trinajstić information content (AvgIpc) is 2.89. The highest BCUT2D eigenvalue weighted by Crippen LogP contribution is 2.22. The third-order valence-corrected chi connectivity index (χ3v) is 4.44. The van der Waals surface area contributed by atoms with Crippen LogP contribution in [0.15, 0.2) is 41.7 Å². The van der Waals surface area contributed by atoms with Crippen molar-refractivity contribution in [3.63, 3.8) is 0 Å². The molecular formula is C13H10F2N4O2S. The number of nitrogens with zero attached hydrogens (tertiary/aromatic N) is 3. The van der Waals surface area contributed by atoms with Crippen LogP contribution in [0.2, 0.25) is 0 Å². The first-order chi connectivity index (χ1) is 10.4. The van der Waals surface area contributed by atoms with Crippen LogP contribution >= 0.6 is 0 Å². The second-order valence-corrected chi connectivity index (χ2v) is 6.30. The number of hydrogen-bond acceptors (Lipinski definition) is 4. The van der Waals surface area contributed by atoms with Gasteiger partial charge in [-0.3, -0.25) is 9.12 Å². The molecule has 0 radical (unpaired) electrons. The van der Waals surface area contributed by atoms with Gasteiger partial charge in [-0.2, -0.15) is 0 Å². The molecule has 0 amide bonds. The van der Waals surface area contributed by atoms with E-state index in [-0.39, 0.29) is 11.3 Å². The zero-order valence-electron chi connectivity index (χ0n) is 11.3. The predicted molar refractivity (Wildman–Crippen MR) is 74.9 cm³/mol. The number of benzene rings is 1. The number of hydrogen-bond donors (Lipinski definition) is 1. The van der Waals surface area contributed by atoms with Crippen LogP contribution in [-0.2, 0) is 10.0 Å². The van der Waals surface area contributed by atoms with Crippen LogP contribution in [0.3, 0.4) is 0 Å². The normalized spacial score (nSPS) is 11.8. The first kappa shape index (κ1) is 14.4. The Hall–Kier alpha value is -2.55. The van der Waals surface area contributed by atoms with Crippen molar-refractivity contribution in [3.05, 3.63) is 54.0 Å². The van der Waals surface area contributed by atoms with E-state index in [9.17, 15) is 17.2 Å². The molecule has 2 aromatic heterocycles. The summed E-state index contributed by atoms with van der Waals surface area (Å²) in [5.74, 6) is -1.81. The lowest BCUT2D eigenvalue weighted by Crippen LogP contribution is -2.15. The molecule has 3 rings (SSSR count). The van der Waals surface area contributed by atoms with Gasteiger partial charge in [0.2, 0.25) is 0 Å². The second kappa shape index (κ2) is 5.02. The maximum absolute atomic E-state index is 13.8. The first-order valence-corrected chi connectivity index (χ1v) is 7.63. The number of anilines is 1. The molecule has 0 aliphatic rings. The Balaban J connectivity index is 2.01. The SMILES string of the molecule is Cc1cc(F)c(S(=O)(=O)Nc2ccc3nncn3c2)cc1F. The van der Waals surface area contributed by atoms with E-state index < -0.39 is 26.6 Å². The van der Waals surface area contributed by atoms with Crippen molar-refractivity contribution < 1.29 is 17.2 Å². The van der Waals surface area contributed by atoms with Crippen LogP contribution in [0.5, 0.6) is 0 Å². The summed E-state index contributed by atoms with van der Waals surface area (Å²) in [5, 5.41) is 7.43. The van der Waals surface area contributed by atoms with Gasteiger partial charge in [0, 0.05) is 6.20 Å². The zero-order chi connectivity index (χ0) is 15.9. The lowest BCUT2D eigenvalue weighted by molar-refractivity contribution is 0.551. The van der Waals surface area contributed by atoms with Crippen LogP contribution in [0.1, 0.15) is 5.56 Å². The number of rotatable bonds is 3. The largest absolute Gasteiger partial charge is 0.287 e. The molecule has 0 spiro atoms. The molecule has 0 saturated carbocycles. The smallest absolute Gasteiger partial charge is 0.264 e. The van der Waals surface area contributed by atoms with Crippen LogP contribution in [0, 0.1) is 18.6 Å². The summed E-state index contributed by atoms with van der Waals surface area (Å²) < 4.78 is 55.4. The van der Waals surface area contributed by atoms with Crippen molar-refractivity contribution in [1.82, 2.24) is 14.6 Å². The maximum Gasteiger partial charge on any atom is 0.264 e. The molecule has 114 valence electrons. The fourth-order valence-corrected chi connectivity index (χ4v) is 3.05. The third kappa shape index (κ3) is 2.50. The molecule has 3 aromatic rings. The third-order valence-electron chi connectivity index (χ3n) is 3.05. The topological polar surface area (TPSA) is 76.4 Å². The van der Waals surface area contributed by atoms with Gasteiger partial charge in [0.1, 0.15) is 22.9 Å². The van der Waals surface area contributed by atoms with Crippen LogP contribution in [0.25, 0.3) is 5.65 Å². The van der Waals surface area contributed by atoms with Crippen molar-refractivity contribution in [2.45, 2.75) is 11.8 Å². The number of pyridine rings is 1. The Labute approximate surface area is 124 Å².